The Kier molecular flexibility index (Phi) is 5.25. The van der Waals surface area contributed by atoms with Crippen molar-refractivity contribution in [3.05, 3.63) is 0 Å². The fraction of sp³-hybridized carbons (Fsp3) is 0.833. The molecular weight excluding hydrogens is 220 g/mol. The Morgan fingerprint density at radius 2 is 2.24 bits per heavy atom. The van der Waals surface area contributed by atoms with Crippen LogP contribution in [0.4, 0.5) is 4.79 Å². The maximum atomic E-state index is 11.8. The third-order valence-electron chi connectivity index (χ3n) is 3.29. The van der Waals surface area contributed by atoms with Gasteiger partial charge in [0.2, 0.25) is 0 Å². The van der Waals surface area contributed by atoms with Gasteiger partial charge in [-0.1, -0.05) is 13.8 Å². The van der Waals surface area contributed by atoms with Gasteiger partial charge in [0.15, 0.2) is 0 Å². The first kappa shape index (κ1) is 13.8. The lowest BCUT2D eigenvalue weighted by Gasteiger charge is -2.31. The lowest BCUT2D eigenvalue weighted by Crippen LogP contribution is -2.46. The molecule has 0 bridgehead atoms. The summed E-state index contributed by atoms with van der Waals surface area (Å²) in [6, 6.07) is -0.128. The first-order valence-corrected chi connectivity index (χ1v) is 6.30. The highest BCUT2D eigenvalue weighted by Gasteiger charge is 2.22. The van der Waals surface area contributed by atoms with Gasteiger partial charge in [0.1, 0.15) is 0 Å². The normalized spacial score (nSPS) is 22.0. The Bertz CT molecular complexity index is 281. The van der Waals surface area contributed by atoms with Crippen LogP contribution in [0, 0.1) is 11.8 Å². The number of aliphatic carboxylic acids is 1. The van der Waals surface area contributed by atoms with Gasteiger partial charge in [-0.15, -0.1) is 0 Å². The van der Waals surface area contributed by atoms with Gasteiger partial charge in [-0.3, -0.25) is 4.79 Å². The zero-order valence-corrected chi connectivity index (χ0v) is 10.6. The molecule has 98 valence electrons. The number of rotatable bonds is 4. The maximum absolute atomic E-state index is 11.8. The van der Waals surface area contributed by atoms with Crippen LogP contribution in [0.2, 0.25) is 0 Å². The molecule has 17 heavy (non-hydrogen) atoms. The number of carboxylic acid groups (broad SMARTS) is 1. The third kappa shape index (κ3) is 4.24. The molecule has 1 aliphatic rings. The molecule has 2 N–H and O–H groups in total. The Morgan fingerprint density at radius 1 is 1.53 bits per heavy atom. The number of nitrogens with one attached hydrogen (secondary N) is 1. The monoisotopic (exact) mass is 242 g/mol. The summed E-state index contributed by atoms with van der Waals surface area (Å²) in [4.78, 5) is 24.4. The predicted molar refractivity (Wildman–Crippen MR) is 64.8 cm³/mol. The van der Waals surface area contributed by atoms with E-state index in [4.69, 9.17) is 5.11 Å². The Hall–Kier alpha value is -1.26. The largest absolute Gasteiger partial charge is 0.481 e. The molecule has 5 nitrogen and oxygen atoms in total. The molecule has 2 atom stereocenters. The fourth-order valence-corrected chi connectivity index (χ4v) is 2.10. The molecule has 2 amide bonds. The van der Waals surface area contributed by atoms with Crippen LogP contribution < -0.4 is 5.32 Å². The van der Waals surface area contributed by atoms with E-state index in [1.807, 2.05) is 6.92 Å². The topological polar surface area (TPSA) is 69.6 Å². The molecular formula is C12H22N2O3. The van der Waals surface area contributed by atoms with Crippen LogP contribution in [0.25, 0.3) is 0 Å². The summed E-state index contributed by atoms with van der Waals surface area (Å²) in [5.41, 5.74) is 0. The van der Waals surface area contributed by atoms with E-state index in [0.717, 1.165) is 25.9 Å². The lowest BCUT2D eigenvalue weighted by molar-refractivity contribution is -0.141. The van der Waals surface area contributed by atoms with Crippen LogP contribution in [0.1, 0.15) is 33.1 Å². The zero-order valence-electron chi connectivity index (χ0n) is 10.6. The van der Waals surface area contributed by atoms with Gasteiger partial charge in [0, 0.05) is 19.6 Å². The van der Waals surface area contributed by atoms with Crippen molar-refractivity contribution >= 4 is 12.0 Å². The highest BCUT2D eigenvalue weighted by molar-refractivity contribution is 5.76. The van der Waals surface area contributed by atoms with Crippen LogP contribution in [0.3, 0.4) is 0 Å². The molecule has 0 saturated carbocycles. The van der Waals surface area contributed by atoms with Gasteiger partial charge in [0.05, 0.1) is 5.92 Å². The molecule has 1 fully saturated rings. The van der Waals surface area contributed by atoms with Crippen molar-refractivity contribution in [3.8, 4) is 0 Å². The number of urea groups is 1. The van der Waals surface area contributed by atoms with Crippen molar-refractivity contribution in [1.29, 1.82) is 0 Å². The third-order valence-corrected chi connectivity index (χ3v) is 3.29. The number of amides is 2. The van der Waals surface area contributed by atoms with Crippen molar-refractivity contribution in [3.63, 3.8) is 0 Å². The number of hydrogen-bond acceptors (Lipinski definition) is 2. The maximum Gasteiger partial charge on any atom is 0.317 e. The average molecular weight is 242 g/mol. The molecule has 0 spiro atoms. The summed E-state index contributed by atoms with van der Waals surface area (Å²) in [6.45, 7) is 5.71. The molecule has 0 aromatic rings. The van der Waals surface area contributed by atoms with E-state index < -0.39 is 11.9 Å². The van der Waals surface area contributed by atoms with Gasteiger partial charge in [-0.2, -0.15) is 0 Å². The Labute approximate surface area is 102 Å². The van der Waals surface area contributed by atoms with Gasteiger partial charge in [-0.05, 0) is 25.2 Å². The van der Waals surface area contributed by atoms with Gasteiger partial charge in [-0.25, -0.2) is 4.79 Å². The molecule has 0 radical (unpaired) electrons. The van der Waals surface area contributed by atoms with Crippen LogP contribution in [-0.4, -0.2) is 41.6 Å². The predicted octanol–water partition coefficient (Wildman–Crippen LogP) is 1.54. The SMILES string of the molecule is CCC(CNC(=O)N1CCCC(C)C1)C(=O)O. The smallest absolute Gasteiger partial charge is 0.317 e. The minimum Gasteiger partial charge on any atom is -0.481 e. The van der Waals surface area contributed by atoms with E-state index >= 15 is 0 Å². The Balaban J connectivity index is 2.35. The second-order valence-corrected chi connectivity index (χ2v) is 4.82. The lowest BCUT2D eigenvalue weighted by atomic mass is 10.0. The standard InChI is InChI=1S/C12H22N2O3/c1-3-10(11(15)16)7-13-12(17)14-6-4-5-9(2)8-14/h9-10H,3-8H2,1-2H3,(H,13,17)(H,15,16). The number of likely N-dealkylation sites (tertiary alicyclic amines) is 1. The molecule has 0 aromatic carbocycles. The molecule has 2 unspecified atom stereocenters. The van der Waals surface area contributed by atoms with Crippen LogP contribution in [-0.2, 0) is 4.79 Å². The molecule has 0 aromatic heterocycles. The summed E-state index contributed by atoms with van der Waals surface area (Å²) in [5.74, 6) is -0.795. The van der Waals surface area contributed by atoms with Gasteiger partial charge < -0.3 is 15.3 Å². The average Bonchev–Trinajstić information content (AvgIpc) is 2.29. The molecule has 1 heterocycles. The van der Waals surface area contributed by atoms with E-state index in [9.17, 15) is 9.59 Å². The summed E-state index contributed by atoms with van der Waals surface area (Å²) in [7, 11) is 0. The second kappa shape index (κ2) is 6.47. The highest BCUT2D eigenvalue weighted by Crippen LogP contribution is 2.15. The molecule has 0 aliphatic carbocycles. The second-order valence-electron chi connectivity index (χ2n) is 4.82. The zero-order chi connectivity index (χ0) is 12.8. The van der Waals surface area contributed by atoms with Gasteiger partial charge >= 0.3 is 12.0 Å². The number of piperidine rings is 1. The van der Waals surface area contributed by atoms with Crippen molar-refractivity contribution in [2.75, 3.05) is 19.6 Å². The summed E-state index contributed by atoms with van der Waals surface area (Å²) >= 11 is 0. The minimum atomic E-state index is -0.847. The van der Waals surface area contributed by atoms with Crippen LogP contribution in [0.5, 0.6) is 0 Å². The van der Waals surface area contributed by atoms with Crippen molar-refractivity contribution in [2.45, 2.75) is 33.1 Å². The summed E-state index contributed by atoms with van der Waals surface area (Å²) < 4.78 is 0. The molecule has 5 heteroatoms. The summed E-state index contributed by atoms with van der Waals surface area (Å²) in [5, 5.41) is 11.6. The van der Waals surface area contributed by atoms with Crippen LogP contribution in [0.15, 0.2) is 0 Å². The van der Waals surface area contributed by atoms with Crippen molar-refractivity contribution < 1.29 is 14.7 Å². The van der Waals surface area contributed by atoms with Crippen LogP contribution >= 0.6 is 0 Å². The highest BCUT2D eigenvalue weighted by atomic mass is 16.4. The molecule has 1 rings (SSSR count). The molecule has 1 saturated heterocycles. The van der Waals surface area contributed by atoms with E-state index in [0.29, 0.717) is 12.3 Å². The van der Waals surface area contributed by atoms with E-state index in [2.05, 4.69) is 12.2 Å². The number of hydrogen-bond donors (Lipinski definition) is 2. The quantitative estimate of drug-likeness (QED) is 0.785. The molecule has 1 aliphatic heterocycles. The van der Waals surface area contributed by atoms with E-state index in [1.165, 1.54) is 0 Å². The van der Waals surface area contributed by atoms with Gasteiger partial charge in [0.25, 0.3) is 0 Å². The van der Waals surface area contributed by atoms with Crippen molar-refractivity contribution in [2.24, 2.45) is 11.8 Å². The van der Waals surface area contributed by atoms with E-state index in [1.54, 1.807) is 4.90 Å². The first-order chi connectivity index (χ1) is 8.04. The number of carbonyl (C=O) groups is 2. The number of nitrogens with zero attached hydrogens (tertiary/aromatic N) is 1. The van der Waals surface area contributed by atoms with E-state index in [-0.39, 0.29) is 12.6 Å². The summed E-state index contributed by atoms with van der Waals surface area (Å²) in [6.07, 6.45) is 2.73. The van der Waals surface area contributed by atoms with Crippen molar-refractivity contribution in [1.82, 2.24) is 10.2 Å². The fourth-order valence-electron chi connectivity index (χ4n) is 2.10. The first-order valence-electron chi connectivity index (χ1n) is 6.30. The number of carboxylic acids is 1. The number of carbonyl (C=O) groups excluding carboxylic acids is 1. The Morgan fingerprint density at radius 3 is 2.76 bits per heavy atom. The minimum absolute atomic E-state index is 0.128.